The van der Waals surface area contributed by atoms with Gasteiger partial charge in [-0.25, -0.2) is 9.97 Å². The fraction of sp³-hybridized carbons (Fsp3) is 0.393. The molecular formula is C28H31N5O2. The first-order valence-corrected chi connectivity index (χ1v) is 12.4. The van der Waals surface area contributed by atoms with Crippen LogP contribution in [0, 0.1) is 17.2 Å². The third kappa shape index (κ3) is 5.97. The topological polar surface area (TPSA) is 83.3 Å². The minimum Gasteiger partial charge on any atom is -0.492 e. The van der Waals surface area contributed by atoms with Crippen molar-refractivity contribution in [3.8, 4) is 23.1 Å². The molecule has 1 aromatic heterocycles. The Morgan fingerprint density at radius 3 is 2.74 bits per heavy atom. The van der Waals surface area contributed by atoms with E-state index in [2.05, 4.69) is 45.5 Å². The third-order valence-corrected chi connectivity index (χ3v) is 6.65. The molecule has 2 aliphatic heterocycles. The number of rotatable bonds is 7. The number of hydrogen-bond acceptors (Lipinski definition) is 7. The molecule has 0 amide bonds. The number of nitrogens with zero attached hydrogens (tertiary/aromatic N) is 4. The second-order valence-corrected chi connectivity index (χ2v) is 9.15. The van der Waals surface area contributed by atoms with E-state index in [1.807, 2.05) is 24.3 Å². The highest BCUT2D eigenvalue weighted by atomic mass is 16.5. The molecular weight excluding hydrogens is 438 g/mol. The van der Waals surface area contributed by atoms with Crippen LogP contribution >= 0.6 is 0 Å². The molecule has 2 saturated heterocycles. The highest BCUT2D eigenvalue weighted by molar-refractivity contribution is 5.64. The maximum Gasteiger partial charge on any atom is 0.137 e. The van der Waals surface area contributed by atoms with Gasteiger partial charge in [0.25, 0.3) is 0 Å². The van der Waals surface area contributed by atoms with Crippen LogP contribution in [0.2, 0.25) is 0 Å². The van der Waals surface area contributed by atoms with Crippen molar-refractivity contribution in [3.63, 3.8) is 0 Å². The minimum atomic E-state index is 0.488. The van der Waals surface area contributed by atoms with Crippen molar-refractivity contribution in [2.24, 2.45) is 5.92 Å². The number of aromatic nitrogens is 2. The molecule has 0 spiro atoms. The predicted octanol–water partition coefficient (Wildman–Crippen LogP) is 3.82. The van der Waals surface area contributed by atoms with Crippen molar-refractivity contribution in [1.29, 1.82) is 5.26 Å². The van der Waals surface area contributed by atoms with Gasteiger partial charge in [0.1, 0.15) is 17.6 Å². The fourth-order valence-corrected chi connectivity index (χ4v) is 4.65. The van der Waals surface area contributed by atoms with Gasteiger partial charge in [-0.1, -0.05) is 12.1 Å². The van der Waals surface area contributed by atoms with Crippen LogP contribution in [0.1, 0.15) is 29.8 Å². The van der Waals surface area contributed by atoms with Crippen molar-refractivity contribution in [1.82, 2.24) is 15.3 Å². The molecule has 0 bridgehead atoms. The number of hydrogen-bond donors (Lipinski definition) is 1. The summed E-state index contributed by atoms with van der Waals surface area (Å²) in [6.07, 6.45) is 4.77. The number of morpholine rings is 1. The summed E-state index contributed by atoms with van der Waals surface area (Å²) in [6.45, 7) is 6.09. The van der Waals surface area contributed by atoms with Crippen molar-refractivity contribution in [2.45, 2.75) is 19.3 Å². The molecule has 0 aliphatic carbocycles. The number of nitrogens with one attached hydrogen (secondary N) is 1. The average molecular weight is 470 g/mol. The molecule has 35 heavy (non-hydrogen) atoms. The van der Waals surface area contributed by atoms with Crippen LogP contribution in [0.5, 0.6) is 5.75 Å². The van der Waals surface area contributed by atoms with Crippen LogP contribution in [0.25, 0.3) is 11.3 Å². The van der Waals surface area contributed by atoms with Gasteiger partial charge in [0.15, 0.2) is 0 Å². The molecule has 3 aromatic rings. The Bertz CT molecular complexity index is 1160. The van der Waals surface area contributed by atoms with E-state index in [9.17, 15) is 5.26 Å². The van der Waals surface area contributed by atoms with E-state index in [1.165, 1.54) is 12.1 Å². The van der Waals surface area contributed by atoms with Gasteiger partial charge < -0.3 is 19.7 Å². The molecule has 2 fully saturated rings. The third-order valence-electron chi connectivity index (χ3n) is 6.65. The minimum absolute atomic E-state index is 0.488. The van der Waals surface area contributed by atoms with Crippen LogP contribution in [-0.4, -0.2) is 56.0 Å². The molecule has 1 atom stereocenters. The van der Waals surface area contributed by atoms with Gasteiger partial charge in [-0.15, -0.1) is 0 Å². The quantitative estimate of drug-likeness (QED) is 0.563. The maximum absolute atomic E-state index is 9.71. The molecule has 1 N–H and O–H groups in total. The molecule has 5 rings (SSSR count). The number of nitriles is 1. The average Bonchev–Trinajstić information content (AvgIpc) is 2.93. The van der Waals surface area contributed by atoms with Gasteiger partial charge in [0.2, 0.25) is 0 Å². The summed E-state index contributed by atoms with van der Waals surface area (Å²) in [5, 5.41) is 13.1. The molecule has 7 heteroatoms. The van der Waals surface area contributed by atoms with E-state index < -0.39 is 0 Å². The maximum atomic E-state index is 9.71. The number of benzene rings is 2. The van der Waals surface area contributed by atoms with Crippen molar-refractivity contribution < 1.29 is 9.47 Å². The number of anilines is 1. The van der Waals surface area contributed by atoms with Gasteiger partial charge in [0.05, 0.1) is 31.1 Å². The molecule has 0 radical (unpaired) electrons. The van der Waals surface area contributed by atoms with E-state index in [1.54, 1.807) is 6.20 Å². The first kappa shape index (κ1) is 23.3. The first-order valence-electron chi connectivity index (χ1n) is 12.4. The number of ether oxygens (including phenoxy) is 2. The van der Waals surface area contributed by atoms with Crippen LogP contribution in [0.4, 0.5) is 5.69 Å². The van der Waals surface area contributed by atoms with Gasteiger partial charge in [0, 0.05) is 49.4 Å². The Morgan fingerprint density at radius 2 is 1.97 bits per heavy atom. The lowest BCUT2D eigenvalue weighted by Gasteiger charge is -2.28. The first-order chi connectivity index (χ1) is 17.3. The van der Waals surface area contributed by atoms with Crippen LogP contribution in [0.3, 0.4) is 0 Å². The van der Waals surface area contributed by atoms with Crippen LogP contribution in [0.15, 0.2) is 54.7 Å². The van der Waals surface area contributed by atoms with E-state index in [0.29, 0.717) is 30.3 Å². The fourth-order valence-electron chi connectivity index (χ4n) is 4.65. The Kier molecular flexibility index (Phi) is 7.52. The lowest BCUT2D eigenvalue weighted by Crippen LogP contribution is -2.36. The summed E-state index contributed by atoms with van der Waals surface area (Å²) in [7, 11) is 0. The summed E-state index contributed by atoms with van der Waals surface area (Å²) >= 11 is 0. The monoisotopic (exact) mass is 469 g/mol. The van der Waals surface area contributed by atoms with E-state index in [4.69, 9.17) is 14.5 Å². The van der Waals surface area contributed by atoms with Crippen molar-refractivity contribution in [2.75, 3.05) is 50.9 Å². The SMILES string of the molecule is N#Cc1cc(-c2ccnc(Cc3ccc(N4CCOCC4)cc3)n2)ccc1OCC1CCCNC1. The summed E-state index contributed by atoms with van der Waals surface area (Å²) in [5.74, 6) is 1.88. The normalized spacial score (nSPS) is 18.1. The number of piperidine rings is 1. The lowest BCUT2D eigenvalue weighted by atomic mass is 10.0. The van der Waals surface area contributed by atoms with Crippen molar-refractivity contribution in [3.05, 3.63) is 71.7 Å². The van der Waals surface area contributed by atoms with Gasteiger partial charge in [-0.05, 0) is 61.3 Å². The largest absolute Gasteiger partial charge is 0.492 e. The van der Waals surface area contributed by atoms with Crippen molar-refractivity contribution >= 4 is 5.69 Å². The van der Waals surface area contributed by atoms with Gasteiger partial charge in [-0.2, -0.15) is 5.26 Å². The van der Waals surface area contributed by atoms with E-state index in [0.717, 1.165) is 68.5 Å². The summed E-state index contributed by atoms with van der Waals surface area (Å²) in [4.78, 5) is 11.6. The lowest BCUT2D eigenvalue weighted by molar-refractivity contribution is 0.122. The smallest absolute Gasteiger partial charge is 0.137 e. The van der Waals surface area contributed by atoms with Gasteiger partial charge >= 0.3 is 0 Å². The molecule has 2 aromatic carbocycles. The Hall–Kier alpha value is -3.47. The summed E-state index contributed by atoms with van der Waals surface area (Å²) in [6, 6.07) is 18.5. The Morgan fingerprint density at radius 1 is 1.11 bits per heavy atom. The van der Waals surface area contributed by atoms with E-state index >= 15 is 0 Å². The van der Waals surface area contributed by atoms with Gasteiger partial charge in [-0.3, -0.25) is 0 Å². The summed E-state index contributed by atoms with van der Waals surface area (Å²) in [5.41, 5.74) is 4.61. The van der Waals surface area contributed by atoms with Crippen LogP contribution in [-0.2, 0) is 11.2 Å². The summed E-state index contributed by atoms with van der Waals surface area (Å²) < 4.78 is 11.5. The van der Waals surface area contributed by atoms with E-state index in [-0.39, 0.29) is 0 Å². The zero-order chi connectivity index (χ0) is 23.9. The highest BCUT2D eigenvalue weighted by Gasteiger charge is 2.16. The Labute approximate surface area is 206 Å². The second-order valence-electron chi connectivity index (χ2n) is 9.15. The molecule has 0 saturated carbocycles. The molecule has 7 nitrogen and oxygen atoms in total. The Balaban J connectivity index is 1.26. The highest BCUT2D eigenvalue weighted by Crippen LogP contribution is 2.26. The zero-order valence-electron chi connectivity index (χ0n) is 19.9. The molecule has 1 unspecified atom stereocenters. The zero-order valence-corrected chi connectivity index (χ0v) is 19.9. The predicted molar refractivity (Wildman–Crippen MR) is 136 cm³/mol. The molecule has 2 aliphatic rings. The molecule has 180 valence electrons. The second kappa shape index (κ2) is 11.3. The molecule has 3 heterocycles. The van der Waals surface area contributed by atoms with Crippen LogP contribution < -0.4 is 15.0 Å². The standard InChI is InChI=1S/C28H31N5O2/c29-18-24-17-23(5-8-27(24)35-20-22-2-1-10-30-19-22)26-9-11-31-28(32-26)16-21-3-6-25(7-4-21)33-12-14-34-15-13-33/h3-9,11,17,22,30H,1-2,10,12-16,19-20H2.